The Hall–Kier alpha value is -2.11. The van der Waals surface area contributed by atoms with Crippen molar-refractivity contribution < 1.29 is 13.2 Å². The van der Waals surface area contributed by atoms with Gasteiger partial charge in [0.15, 0.2) is 0 Å². The largest absolute Gasteiger partial charge is 0.433 e. The van der Waals surface area contributed by atoms with Crippen molar-refractivity contribution in [2.75, 3.05) is 0 Å². The van der Waals surface area contributed by atoms with Gasteiger partial charge < -0.3 is 4.57 Å². The Morgan fingerprint density at radius 2 is 2.11 bits per heavy atom. The van der Waals surface area contributed by atoms with Crippen LogP contribution in [0.15, 0.2) is 37.4 Å². The number of nitrogens with zero attached hydrogens (tertiary/aromatic N) is 3. The summed E-state index contributed by atoms with van der Waals surface area (Å²) in [6.45, 7) is 3.80. The van der Waals surface area contributed by atoms with E-state index in [-0.39, 0.29) is 0 Å². The minimum absolute atomic E-state index is 0.376. The number of imidazole rings is 1. The highest BCUT2D eigenvalue weighted by Crippen LogP contribution is 2.30. The molecule has 0 N–H and O–H groups in total. The summed E-state index contributed by atoms with van der Waals surface area (Å²) in [7, 11) is 1.75. The highest BCUT2D eigenvalue weighted by Gasteiger charge is 2.32. The second-order valence-corrected chi connectivity index (χ2v) is 3.80. The lowest BCUT2D eigenvalue weighted by atomic mass is 10.1. The molecule has 3 nitrogen and oxygen atoms in total. The first kappa shape index (κ1) is 12.3. The van der Waals surface area contributed by atoms with Gasteiger partial charge in [0.2, 0.25) is 0 Å². The second kappa shape index (κ2) is 4.29. The van der Waals surface area contributed by atoms with Crippen LogP contribution in [-0.2, 0) is 13.2 Å². The average Bonchev–Trinajstić information content (AvgIpc) is 2.73. The summed E-state index contributed by atoms with van der Waals surface area (Å²) in [4.78, 5) is 7.21. The molecule has 0 bridgehead atoms. The number of pyridine rings is 1. The molecule has 0 aliphatic heterocycles. The molecule has 2 aromatic rings. The van der Waals surface area contributed by atoms with E-state index in [1.807, 2.05) is 0 Å². The zero-order valence-electron chi connectivity index (χ0n) is 9.57. The van der Waals surface area contributed by atoms with E-state index in [1.54, 1.807) is 24.1 Å². The van der Waals surface area contributed by atoms with Gasteiger partial charge in [-0.1, -0.05) is 6.58 Å². The van der Waals surface area contributed by atoms with Gasteiger partial charge in [-0.15, -0.1) is 0 Å². The minimum atomic E-state index is -4.46. The summed E-state index contributed by atoms with van der Waals surface area (Å²) in [6.07, 6.45) is -0.217. The SMILES string of the molecule is C=C(c1ccnc(C(F)(F)F)c1)c1cncn1C. The van der Waals surface area contributed by atoms with Crippen LogP contribution in [0.5, 0.6) is 0 Å². The maximum atomic E-state index is 12.5. The fourth-order valence-electron chi connectivity index (χ4n) is 1.57. The number of aromatic nitrogens is 3. The summed E-state index contributed by atoms with van der Waals surface area (Å²) in [5.74, 6) is 0. The molecule has 6 heteroatoms. The van der Waals surface area contributed by atoms with Crippen LogP contribution in [-0.4, -0.2) is 14.5 Å². The van der Waals surface area contributed by atoms with Gasteiger partial charge in [0.05, 0.1) is 18.2 Å². The zero-order chi connectivity index (χ0) is 13.3. The van der Waals surface area contributed by atoms with Crippen molar-refractivity contribution in [1.82, 2.24) is 14.5 Å². The van der Waals surface area contributed by atoms with Crippen molar-refractivity contribution >= 4 is 5.57 Å². The van der Waals surface area contributed by atoms with Crippen LogP contribution >= 0.6 is 0 Å². The summed E-state index contributed by atoms with van der Waals surface area (Å²) < 4.78 is 39.3. The van der Waals surface area contributed by atoms with Gasteiger partial charge in [-0.2, -0.15) is 13.2 Å². The average molecular weight is 253 g/mol. The second-order valence-electron chi connectivity index (χ2n) is 3.80. The standard InChI is InChI=1S/C12H10F3N3/c1-8(10-6-16-7-18(10)2)9-3-4-17-11(5-9)12(13,14)15/h3-7H,1H2,2H3. The van der Waals surface area contributed by atoms with Gasteiger partial charge in [-0.3, -0.25) is 4.98 Å². The molecule has 0 aliphatic rings. The molecular weight excluding hydrogens is 243 g/mol. The van der Waals surface area contributed by atoms with Gasteiger partial charge in [-0.25, -0.2) is 4.98 Å². The number of aryl methyl sites for hydroxylation is 1. The first-order chi connectivity index (χ1) is 8.39. The van der Waals surface area contributed by atoms with E-state index in [0.717, 1.165) is 12.3 Å². The molecule has 2 aromatic heterocycles. The Morgan fingerprint density at radius 1 is 1.39 bits per heavy atom. The molecule has 0 fully saturated rings. The molecule has 0 aromatic carbocycles. The Morgan fingerprint density at radius 3 is 2.67 bits per heavy atom. The fourth-order valence-corrected chi connectivity index (χ4v) is 1.57. The topological polar surface area (TPSA) is 30.7 Å². The third kappa shape index (κ3) is 2.27. The van der Waals surface area contributed by atoms with E-state index in [4.69, 9.17) is 0 Å². The van der Waals surface area contributed by atoms with Crippen molar-refractivity contribution in [3.8, 4) is 0 Å². The summed E-state index contributed by atoms with van der Waals surface area (Å²) in [5, 5.41) is 0. The number of alkyl halides is 3. The van der Waals surface area contributed by atoms with Crippen molar-refractivity contribution in [3.63, 3.8) is 0 Å². The van der Waals surface area contributed by atoms with Crippen LogP contribution in [0.25, 0.3) is 5.57 Å². The summed E-state index contributed by atoms with van der Waals surface area (Å²) in [6, 6.07) is 2.47. The molecule has 0 radical (unpaired) electrons. The van der Waals surface area contributed by atoms with Crippen molar-refractivity contribution in [1.29, 1.82) is 0 Å². The highest BCUT2D eigenvalue weighted by atomic mass is 19.4. The molecule has 0 saturated heterocycles. The third-order valence-corrected chi connectivity index (χ3v) is 2.52. The Kier molecular flexibility index (Phi) is 2.94. The number of hydrogen-bond acceptors (Lipinski definition) is 2. The minimum Gasteiger partial charge on any atom is -0.334 e. The van der Waals surface area contributed by atoms with Gasteiger partial charge in [-0.05, 0) is 23.3 Å². The quantitative estimate of drug-likeness (QED) is 0.823. The molecule has 2 heterocycles. The monoisotopic (exact) mass is 253 g/mol. The predicted octanol–water partition coefficient (Wildman–Crippen LogP) is 2.90. The smallest absolute Gasteiger partial charge is 0.334 e. The molecule has 0 spiro atoms. The van der Waals surface area contributed by atoms with Gasteiger partial charge in [0.1, 0.15) is 5.69 Å². The number of rotatable bonds is 2. The normalized spacial score (nSPS) is 11.6. The molecule has 0 saturated carbocycles. The first-order valence-corrected chi connectivity index (χ1v) is 5.09. The van der Waals surface area contributed by atoms with Gasteiger partial charge in [0, 0.05) is 13.2 Å². The van der Waals surface area contributed by atoms with Crippen LogP contribution in [0.3, 0.4) is 0 Å². The number of hydrogen-bond donors (Lipinski definition) is 0. The highest BCUT2D eigenvalue weighted by molar-refractivity contribution is 5.76. The third-order valence-electron chi connectivity index (χ3n) is 2.52. The van der Waals surface area contributed by atoms with E-state index < -0.39 is 11.9 Å². The van der Waals surface area contributed by atoms with E-state index in [9.17, 15) is 13.2 Å². The van der Waals surface area contributed by atoms with E-state index >= 15 is 0 Å². The Bertz CT molecular complexity index is 584. The molecule has 0 atom stereocenters. The molecule has 0 amide bonds. The molecule has 94 valence electrons. The van der Waals surface area contributed by atoms with Crippen LogP contribution in [0.1, 0.15) is 17.0 Å². The fraction of sp³-hybridized carbons (Fsp3) is 0.167. The predicted molar refractivity (Wildman–Crippen MR) is 60.6 cm³/mol. The lowest BCUT2D eigenvalue weighted by Gasteiger charge is -2.10. The van der Waals surface area contributed by atoms with Crippen LogP contribution in [0, 0.1) is 0 Å². The van der Waals surface area contributed by atoms with Gasteiger partial charge >= 0.3 is 6.18 Å². The lowest BCUT2D eigenvalue weighted by molar-refractivity contribution is -0.141. The summed E-state index contributed by atoms with van der Waals surface area (Å²) >= 11 is 0. The summed E-state index contributed by atoms with van der Waals surface area (Å²) in [5.41, 5.74) is 0.585. The Balaban J connectivity index is 2.41. The maximum Gasteiger partial charge on any atom is 0.433 e. The van der Waals surface area contributed by atoms with Gasteiger partial charge in [0.25, 0.3) is 0 Å². The number of halogens is 3. The molecule has 18 heavy (non-hydrogen) atoms. The van der Waals surface area contributed by atoms with Crippen molar-refractivity contribution in [2.24, 2.45) is 7.05 Å². The molecule has 0 unspecified atom stereocenters. The van der Waals surface area contributed by atoms with E-state index in [2.05, 4.69) is 16.5 Å². The molecule has 2 rings (SSSR count). The Labute approximate surface area is 102 Å². The van der Waals surface area contributed by atoms with E-state index in [1.165, 1.54) is 6.07 Å². The molecular formula is C12H10F3N3. The maximum absolute atomic E-state index is 12.5. The first-order valence-electron chi connectivity index (χ1n) is 5.09. The van der Waals surface area contributed by atoms with Crippen molar-refractivity contribution in [2.45, 2.75) is 6.18 Å². The zero-order valence-corrected chi connectivity index (χ0v) is 9.57. The van der Waals surface area contributed by atoms with Crippen LogP contribution in [0.2, 0.25) is 0 Å². The van der Waals surface area contributed by atoms with Crippen LogP contribution in [0.4, 0.5) is 13.2 Å². The van der Waals surface area contributed by atoms with Crippen LogP contribution < -0.4 is 0 Å². The lowest BCUT2D eigenvalue weighted by Crippen LogP contribution is -2.08. The molecule has 0 aliphatic carbocycles. The van der Waals surface area contributed by atoms with E-state index in [0.29, 0.717) is 16.8 Å². The van der Waals surface area contributed by atoms with Crippen molar-refractivity contribution in [3.05, 3.63) is 54.4 Å².